The van der Waals surface area contributed by atoms with Gasteiger partial charge in [-0.25, -0.2) is 8.78 Å². The number of hydrogen-bond donors (Lipinski definition) is 1. The van der Waals surface area contributed by atoms with E-state index >= 15 is 0 Å². The van der Waals surface area contributed by atoms with Crippen molar-refractivity contribution in [1.82, 2.24) is 25.3 Å². The molecule has 5 rings (SSSR count). The van der Waals surface area contributed by atoms with Gasteiger partial charge in [-0.2, -0.15) is 10.2 Å². The monoisotopic (exact) mass is 526 g/mol. The lowest BCUT2D eigenvalue weighted by molar-refractivity contribution is -0.128. The van der Waals surface area contributed by atoms with Crippen molar-refractivity contribution in [2.45, 2.75) is 58.0 Å². The van der Waals surface area contributed by atoms with Crippen molar-refractivity contribution in [1.29, 1.82) is 0 Å². The van der Waals surface area contributed by atoms with Gasteiger partial charge in [0.1, 0.15) is 11.6 Å². The number of likely N-dealkylation sites (tertiary alicyclic amines) is 1. The smallest absolute Gasteiger partial charge is 0.241 e. The Hall–Kier alpha value is -2.98. The number of nitrogens with one attached hydrogen (secondary N) is 1. The third-order valence-electron chi connectivity index (χ3n) is 7.90. The van der Waals surface area contributed by atoms with Crippen LogP contribution in [0.3, 0.4) is 0 Å². The number of halogens is 2. The largest absolute Gasteiger partial charge is 0.341 e. The molecule has 0 saturated carbocycles. The van der Waals surface area contributed by atoms with Crippen LogP contribution in [0.2, 0.25) is 0 Å². The molecular weight excluding hydrogens is 490 g/mol. The van der Waals surface area contributed by atoms with Crippen LogP contribution in [0.1, 0.15) is 51.1 Å². The number of anilines is 1. The minimum atomic E-state index is -0.634. The van der Waals surface area contributed by atoms with Gasteiger partial charge in [0.05, 0.1) is 23.6 Å². The van der Waals surface area contributed by atoms with E-state index in [-0.39, 0.29) is 42.3 Å². The maximum Gasteiger partial charge on any atom is 0.241 e. The number of aromatic nitrogens is 2. The van der Waals surface area contributed by atoms with E-state index in [0.29, 0.717) is 55.5 Å². The zero-order valence-corrected chi connectivity index (χ0v) is 22.5. The Balaban J connectivity index is 1.34. The minimum absolute atomic E-state index is 0.0380. The first kappa shape index (κ1) is 26.6. The lowest BCUT2D eigenvalue weighted by atomic mass is 9.91. The normalized spacial score (nSPS) is 25.2. The molecule has 3 atom stereocenters. The third kappa shape index (κ3) is 5.42. The number of piperazine rings is 1. The molecule has 2 amide bonds. The molecule has 3 aliphatic rings. The molecule has 2 saturated heterocycles. The maximum absolute atomic E-state index is 14.3. The first-order valence-electron chi connectivity index (χ1n) is 13.4. The topological polar surface area (TPSA) is 81.7 Å². The Morgan fingerprint density at radius 2 is 1.95 bits per heavy atom. The molecule has 4 heterocycles. The van der Waals surface area contributed by atoms with Gasteiger partial charge in [0, 0.05) is 69.1 Å². The molecule has 8 nitrogen and oxygen atoms in total. The van der Waals surface area contributed by atoms with Gasteiger partial charge in [0.15, 0.2) is 0 Å². The summed E-state index contributed by atoms with van der Waals surface area (Å²) in [5.41, 5.74) is 1.87. The summed E-state index contributed by atoms with van der Waals surface area (Å²) in [5, 5.41) is 12.2. The lowest BCUT2D eigenvalue weighted by Gasteiger charge is -2.41. The van der Waals surface area contributed by atoms with E-state index in [1.807, 2.05) is 18.7 Å². The van der Waals surface area contributed by atoms with E-state index in [1.54, 1.807) is 11.0 Å². The van der Waals surface area contributed by atoms with Crippen LogP contribution in [0.15, 0.2) is 24.3 Å². The van der Waals surface area contributed by atoms with Gasteiger partial charge in [-0.3, -0.25) is 14.5 Å². The molecule has 0 spiro atoms. The van der Waals surface area contributed by atoms with Crippen molar-refractivity contribution in [3.05, 3.63) is 52.9 Å². The third-order valence-corrected chi connectivity index (χ3v) is 7.90. The fourth-order valence-corrected chi connectivity index (χ4v) is 5.90. The van der Waals surface area contributed by atoms with Crippen molar-refractivity contribution in [3.8, 4) is 0 Å². The van der Waals surface area contributed by atoms with Crippen LogP contribution in [0.5, 0.6) is 0 Å². The Labute approximate surface area is 222 Å². The number of hydrogen-bond acceptors (Lipinski definition) is 6. The van der Waals surface area contributed by atoms with Gasteiger partial charge in [0.2, 0.25) is 11.8 Å². The molecule has 1 aromatic carbocycles. The fourth-order valence-electron chi connectivity index (χ4n) is 5.90. The fraction of sp³-hybridized carbons (Fsp3) is 0.571. The second kappa shape index (κ2) is 10.3. The van der Waals surface area contributed by atoms with Crippen LogP contribution in [0.4, 0.5) is 14.5 Å². The number of rotatable bonds is 6. The van der Waals surface area contributed by atoms with Crippen LogP contribution in [-0.2, 0) is 21.4 Å². The number of nitrogens with zero attached hydrogens (tertiary/aromatic N) is 5. The molecule has 2 aromatic rings. The van der Waals surface area contributed by atoms with Gasteiger partial charge in [-0.05, 0) is 30.5 Å². The van der Waals surface area contributed by atoms with Crippen molar-refractivity contribution < 1.29 is 18.4 Å². The molecule has 0 radical (unpaired) electrons. The first-order chi connectivity index (χ1) is 18.0. The van der Waals surface area contributed by atoms with E-state index in [2.05, 4.69) is 34.3 Å². The van der Waals surface area contributed by atoms with Crippen LogP contribution in [-0.4, -0.2) is 83.2 Å². The number of carbonyl (C=O) groups excluding carboxylic acids is 2. The van der Waals surface area contributed by atoms with Crippen molar-refractivity contribution >= 4 is 17.5 Å². The summed E-state index contributed by atoms with van der Waals surface area (Å²) in [6, 6.07) is 5.57. The van der Waals surface area contributed by atoms with Crippen LogP contribution < -0.4 is 10.2 Å². The highest BCUT2D eigenvalue weighted by atomic mass is 19.1. The van der Waals surface area contributed by atoms with Crippen molar-refractivity contribution in [2.75, 3.05) is 44.2 Å². The summed E-state index contributed by atoms with van der Waals surface area (Å²) in [6.45, 7) is 11.7. The molecule has 1 aromatic heterocycles. The number of fused-ring (bicyclic) bond motifs is 1. The zero-order chi connectivity index (χ0) is 27.2. The lowest BCUT2D eigenvalue weighted by Crippen LogP contribution is -2.61. The Morgan fingerprint density at radius 3 is 2.66 bits per heavy atom. The highest BCUT2D eigenvalue weighted by molar-refractivity contribution is 5.97. The zero-order valence-electron chi connectivity index (χ0n) is 22.5. The van der Waals surface area contributed by atoms with Crippen LogP contribution >= 0.6 is 0 Å². The number of benzene rings is 1. The molecule has 3 aliphatic heterocycles. The van der Waals surface area contributed by atoms with E-state index in [9.17, 15) is 18.4 Å². The Morgan fingerprint density at radius 1 is 1.16 bits per heavy atom. The first-order valence-corrected chi connectivity index (χ1v) is 13.4. The SMILES string of the molecule is C[C@H]1CC(=O)N(C[C@H]2CN[C@H](C)CN2CC(=O)N2CC(C)(C)c3nnc(Cc4ccc(F)cc4F)cc32)C1. The van der Waals surface area contributed by atoms with Gasteiger partial charge in [-0.1, -0.05) is 26.8 Å². The Kier molecular flexibility index (Phi) is 7.21. The average Bonchev–Trinajstić information content (AvgIpc) is 3.31. The molecule has 204 valence electrons. The van der Waals surface area contributed by atoms with Crippen molar-refractivity contribution in [2.24, 2.45) is 5.92 Å². The summed E-state index contributed by atoms with van der Waals surface area (Å²) in [5.74, 6) is -0.764. The van der Waals surface area contributed by atoms with E-state index < -0.39 is 11.6 Å². The van der Waals surface area contributed by atoms with Gasteiger partial charge in [0.25, 0.3) is 0 Å². The molecular formula is C28H36F2N6O2. The molecule has 10 heteroatoms. The van der Waals surface area contributed by atoms with Crippen LogP contribution in [0, 0.1) is 17.6 Å². The van der Waals surface area contributed by atoms with E-state index in [0.717, 1.165) is 18.3 Å². The molecule has 0 unspecified atom stereocenters. The molecule has 2 fully saturated rings. The quantitative estimate of drug-likeness (QED) is 0.623. The highest BCUT2D eigenvalue weighted by Gasteiger charge is 2.41. The van der Waals surface area contributed by atoms with E-state index in [4.69, 9.17) is 0 Å². The predicted octanol–water partition coefficient (Wildman–Crippen LogP) is 2.50. The number of carbonyl (C=O) groups is 2. The number of amides is 2. The second-order valence-electron chi connectivity index (χ2n) is 11.8. The van der Waals surface area contributed by atoms with Crippen LogP contribution in [0.25, 0.3) is 0 Å². The summed E-state index contributed by atoms with van der Waals surface area (Å²) in [7, 11) is 0. The van der Waals surface area contributed by atoms with Gasteiger partial charge < -0.3 is 15.1 Å². The summed E-state index contributed by atoms with van der Waals surface area (Å²) in [6.07, 6.45) is 0.731. The molecule has 0 bridgehead atoms. The second-order valence-corrected chi connectivity index (χ2v) is 11.8. The van der Waals surface area contributed by atoms with Gasteiger partial charge in [-0.15, -0.1) is 0 Å². The van der Waals surface area contributed by atoms with E-state index in [1.165, 1.54) is 12.1 Å². The average molecular weight is 527 g/mol. The molecule has 38 heavy (non-hydrogen) atoms. The summed E-state index contributed by atoms with van der Waals surface area (Å²) >= 11 is 0. The minimum Gasteiger partial charge on any atom is -0.341 e. The standard InChI is InChI=1S/C28H36F2N6O2/c1-17-7-25(37)35(12-17)14-22-11-31-18(2)13-34(22)15-26(38)36-16-28(3,4)27-24(36)10-21(32-33-27)8-19-5-6-20(29)9-23(19)30/h5-6,9-10,17-18,22,31H,7-8,11-16H2,1-4H3/t17-,18+,22+/m0/s1. The highest BCUT2D eigenvalue weighted by Crippen LogP contribution is 2.39. The Bertz CT molecular complexity index is 1240. The maximum atomic E-state index is 14.3. The predicted molar refractivity (Wildman–Crippen MR) is 140 cm³/mol. The van der Waals surface area contributed by atoms with Gasteiger partial charge >= 0.3 is 0 Å². The molecule has 1 N–H and O–H groups in total. The molecule has 0 aliphatic carbocycles. The summed E-state index contributed by atoms with van der Waals surface area (Å²) in [4.78, 5) is 32.1. The van der Waals surface area contributed by atoms with Crippen molar-refractivity contribution in [3.63, 3.8) is 0 Å². The summed E-state index contributed by atoms with van der Waals surface area (Å²) < 4.78 is 27.6.